The number of carbonyl (C=O) groups excluding carboxylic acids is 2. The molecule has 0 unspecified atom stereocenters. The summed E-state index contributed by atoms with van der Waals surface area (Å²) in [4.78, 5) is 24.6. The Kier molecular flexibility index (Phi) is 3.47. The Morgan fingerprint density at radius 2 is 1.78 bits per heavy atom. The van der Waals surface area contributed by atoms with Gasteiger partial charge in [0.1, 0.15) is 0 Å². The number of nitrogens with zero attached hydrogens (tertiary/aromatic N) is 1. The first-order valence-corrected chi connectivity index (χ1v) is 5.66. The van der Waals surface area contributed by atoms with E-state index in [9.17, 15) is 9.59 Å². The number of anilines is 1. The van der Waals surface area contributed by atoms with Crippen LogP contribution in [0.4, 0.5) is 5.69 Å². The molecule has 18 heavy (non-hydrogen) atoms. The number of morpholine rings is 1. The highest BCUT2D eigenvalue weighted by Crippen LogP contribution is 2.22. The van der Waals surface area contributed by atoms with Crippen LogP contribution in [0.15, 0.2) is 18.2 Å². The Hall–Kier alpha value is -2.08. The third-order valence-corrected chi connectivity index (χ3v) is 2.90. The van der Waals surface area contributed by atoms with Crippen molar-refractivity contribution < 1.29 is 14.3 Å². The van der Waals surface area contributed by atoms with E-state index in [0.29, 0.717) is 31.9 Å². The lowest BCUT2D eigenvalue weighted by Crippen LogP contribution is -2.37. The maximum Gasteiger partial charge on any atom is 0.250 e. The Morgan fingerprint density at radius 3 is 2.33 bits per heavy atom. The van der Waals surface area contributed by atoms with Gasteiger partial charge in [0.2, 0.25) is 5.91 Å². The molecule has 0 spiro atoms. The molecule has 0 aromatic heterocycles. The molecular weight excluding hydrogens is 234 g/mol. The minimum atomic E-state index is -0.578. The topological polar surface area (TPSA) is 98.7 Å². The highest BCUT2D eigenvalue weighted by molar-refractivity contribution is 6.02. The van der Waals surface area contributed by atoms with Crippen LogP contribution >= 0.6 is 0 Å². The molecule has 1 aromatic rings. The minimum Gasteiger partial charge on any atom is -0.378 e. The number of hydrogen-bond acceptors (Lipinski definition) is 4. The summed E-state index contributed by atoms with van der Waals surface area (Å²) in [5, 5.41) is 0. The van der Waals surface area contributed by atoms with Crippen LogP contribution in [0.25, 0.3) is 0 Å². The van der Waals surface area contributed by atoms with Gasteiger partial charge in [-0.25, -0.2) is 0 Å². The standard InChI is InChI=1S/C12H15N3O3/c13-11(16)8-1-2-10(9(7-8)12(14)17)15-3-5-18-6-4-15/h1-2,7H,3-6H2,(H2,13,16)(H2,14,17). The van der Waals surface area contributed by atoms with Gasteiger partial charge in [-0.2, -0.15) is 0 Å². The summed E-state index contributed by atoms with van der Waals surface area (Å²) in [5.41, 5.74) is 11.8. The van der Waals surface area contributed by atoms with Gasteiger partial charge in [0.15, 0.2) is 0 Å². The predicted octanol–water partition coefficient (Wildman–Crippen LogP) is -0.279. The average molecular weight is 249 g/mol. The Balaban J connectivity index is 2.39. The predicted molar refractivity (Wildman–Crippen MR) is 66.5 cm³/mol. The lowest BCUT2D eigenvalue weighted by atomic mass is 10.1. The van der Waals surface area contributed by atoms with Gasteiger partial charge in [0, 0.05) is 24.3 Å². The van der Waals surface area contributed by atoms with Gasteiger partial charge >= 0.3 is 0 Å². The van der Waals surface area contributed by atoms with Crippen molar-refractivity contribution in [2.24, 2.45) is 11.5 Å². The first-order valence-electron chi connectivity index (χ1n) is 5.66. The molecule has 2 rings (SSSR count). The zero-order valence-corrected chi connectivity index (χ0v) is 9.89. The van der Waals surface area contributed by atoms with Crippen LogP contribution in [0.1, 0.15) is 20.7 Å². The fraction of sp³-hybridized carbons (Fsp3) is 0.333. The minimum absolute atomic E-state index is 0.279. The zero-order chi connectivity index (χ0) is 13.1. The van der Waals surface area contributed by atoms with Crippen molar-refractivity contribution >= 4 is 17.5 Å². The summed E-state index contributed by atoms with van der Waals surface area (Å²) in [6.45, 7) is 2.60. The average Bonchev–Trinajstić information content (AvgIpc) is 2.39. The molecule has 0 bridgehead atoms. The Bertz CT molecular complexity index is 481. The van der Waals surface area contributed by atoms with E-state index >= 15 is 0 Å². The normalized spacial score (nSPS) is 15.4. The summed E-state index contributed by atoms with van der Waals surface area (Å²) in [5.74, 6) is -1.15. The summed E-state index contributed by atoms with van der Waals surface area (Å²) in [7, 11) is 0. The lowest BCUT2D eigenvalue weighted by molar-refractivity contribution is 0.0998. The number of hydrogen-bond donors (Lipinski definition) is 2. The van der Waals surface area contributed by atoms with E-state index in [1.54, 1.807) is 12.1 Å². The van der Waals surface area contributed by atoms with Crippen molar-refractivity contribution in [2.75, 3.05) is 31.2 Å². The second-order valence-electron chi connectivity index (χ2n) is 4.06. The van der Waals surface area contributed by atoms with Gasteiger partial charge in [-0.1, -0.05) is 0 Å². The summed E-state index contributed by atoms with van der Waals surface area (Å²) >= 11 is 0. The quantitative estimate of drug-likeness (QED) is 0.769. The van der Waals surface area contributed by atoms with Crippen LogP contribution in [-0.4, -0.2) is 38.1 Å². The van der Waals surface area contributed by atoms with Gasteiger partial charge in [-0.05, 0) is 18.2 Å². The van der Waals surface area contributed by atoms with Crippen LogP contribution in [0.5, 0.6) is 0 Å². The van der Waals surface area contributed by atoms with Crippen molar-refractivity contribution in [1.82, 2.24) is 0 Å². The fourth-order valence-corrected chi connectivity index (χ4v) is 1.97. The summed E-state index contributed by atoms with van der Waals surface area (Å²) < 4.78 is 5.25. The van der Waals surface area contributed by atoms with E-state index in [0.717, 1.165) is 5.69 Å². The van der Waals surface area contributed by atoms with Crippen molar-refractivity contribution in [2.45, 2.75) is 0 Å². The fourth-order valence-electron chi connectivity index (χ4n) is 1.97. The van der Waals surface area contributed by atoms with Gasteiger partial charge in [0.05, 0.1) is 18.8 Å². The smallest absolute Gasteiger partial charge is 0.250 e. The molecule has 1 heterocycles. The molecule has 1 saturated heterocycles. The summed E-state index contributed by atoms with van der Waals surface area (Å²) in [6.07, 6.45) is 0. The monoisotopic (exact) mass is 249 g/mol. The molecule has 6 nitrogen and oxygen atoms in total. The number of benzene rings is 1. The number of carbonyl (C=O) groups is 2. The van der Waals surface area contributed by atoms with Gasteiger partial charge in [0.25, 0.3) is 5.91 Å². The zero-order valence-electron chi connectivity index (χ0n) is 9.89. The Morgan fingerprint density at radius 1 is 1.11 bits per heavy atom. The SMILES string of the molecule is NC(=O)c1ccc(N2CCOCC2)c(C(N)=O)c1. The number of rotatable bonds is 3. The molecule has 0 radical (unpaired) electrons. The molecule has 2 amide bonds. The van der Waals surface area contributed by atoms with Crippen LogP contribution < -0.4 is 16.4 Å². The molecule has 96 valence electrons. The van der Waals surface area contributed by atoms with E-state index in [2.05, 4.69) is 0 Å². The lowest BCUT2D eigenvalue weighted by Gasteiger charge is -2.30. The largest absolute Gasteiger partial charge is 0.378 e. The number of primary amides is 2. The third-order valence-electron chi connectivity index (χ3n) is 2.90. The van der Waals surface area contributed by atoms with Gasteiger partial charge < -0.3 is 21.1 Å². The van der Waals surface area contributed by atoms with E-state index in [4.69, 9.17) is 16.2 Å². The van der Waals surface area contributed by atoms with Crippen LogP contribution in [0.2, 0.25) is 0 Å². The van der Waals surface area contributed by atoms with E-state index in [1.807, 2.05) is 4.90 Å². The van der Waals surface area contributed by atoms with E-state index in [1.165, 1.54) is 6.07 Å². The van der Waals surface area contributed by atoms with Crippen LogP contribution in [-0.2, 0) is 4.74 Å². The molecule has 1 fully saturated rings. The maximum absolute atomic E-state index is 11.5. The molecule has 0 saturated carbocycles. The van der Waals surface area contributed by atoms with E-state index < -0.39 is 11.8 Å². The van der Waals surface area contributed by atoms with Crippen molar-refractivity contribution in [3.8, 4) is 0 Å². The number of nitrogens with two attached hydrogens (primary N) is 2. The molecule has 1 aromatic carbocycles. The third kappa shape index (κ3) is 2.43. The van der Waals surface area contributed by atoms with Crippen molar-refractivity contribution in [3.05, 3.63) is 29.3 Å². The molecular formula is C12H15N3O3. The Labute approximate surface area is 104 Å². The molecule has 1 aliphatic heterocycles. The molecule has 0 aliphatic carbocycles. The van der Waals surface area contributed by atoms with Crippen molar-refractivity contribution in [3.63, 3.8) is 0 Å². The van der Waals surface area contributed by atoms with Crippen LogP contribution in [0, 0.1) is 0 Å². The highest BCUT2D eigenvalue weighted by Gasteiger charge is 2.18. The number of ether oxygens (including phenoxy) is 1. The molecule has 0 atom stereocenters. The maximum atomic E-state index is 11.5. The van der Waals surface area contributed by atoms with Gasteiger partial charge in [-0.3, -0.25) is 9.59 Å². The first kappa shape index (κ1) is 12.4. The van der Waals surface area contributed by atoms with Crippen molar-refractivity contribution in [1.29, 1.82) is 0 Å². The summed E-state index contributed by atoms with van der Waals surface area (Å²) in [6, 6.07) is 4.74. The first-order chi connectivity index (χ1) is 8.59. The van der Waals surface area contributed by atoms with E-state index in [-0.39, 0.29) is 5.56 Å². The number of amides is 2. The molecule has 1 aliphatic rings. The molecule has 4 N–H and O–H groups in total. The second-order valence-corrected chi connectivity index (χ2v) is 4.06. The van der Waals surface area contributed by atoms with Gasteiger partial charge in [-0.15, -0.1) is 0 Å². The molecule has 6 heteroatoms. The second kappa shape index (κ2) is 5.05. The van der Waals surface area contributed by atoms with Crippen LogP contribution in [0.3, 0.4) is 0 Å². The highest BCUT2D eigenvalue weighted by atomic mass is 16.5.